The molecular weight excluding hydrogens is 436 g/mol. The molecule has 4 rings (SSSR count). The van der Waals surface area contributed by atoms with Gasteiger partial charge in [-0.15, -0.1) is 21.5 Å². The van der Waals surface area contributed by atoms with Gasteiger partial charge in [0.25, 0.3) is 0 Å². The number of nitrogens with one attached hydrogen (secondary N) is 1. The minimum absolute atomic E-state index is 0.107. The van der Waals surface area contributed by atoms with Crippen LogP contribution in [0.5, 0.6) is 5.06 Å². The summed E-state index contributed by atoms with van der Waals surface area (Å²) in [6.45, 7) is 7.36. The largest absolute Gasteiger partial charge is 0.487 e. The minimum Gasteiger partial charge on any atom is -0.487 e. The van der Waals surface area contributed by atoms with E-state index in [0.717, 1.165) is 47.4 Å². The monoisotopic (exact) mass is 470 g/mol. The maximum absolute atomic E-state index is 12.2. The zero-order valence-electron chi connectivity index (χ0n) is 20.0. The number of hydrogen-bond acceptors (Lipinski definition) is 7. The second-order valence-electron chi connectivity index (χ2n) is 9.48. The SMILES string of the molecule is COc1ccc([C@H](CCN2[C@@H]3CC[C@H]2C[C@H](n2c(C)nnc2C(C)C)C3)NC(=O)CC#N)s1. The highest BCUT2D eigenvalue weighted by molar-refractivity contribution is 7.13. The van der Waals surface area contributed by atoms with Gasteiger partial charge < -0.3 is 14.6 Å². The average Bonchev–Trinajstić information content (AvgIpc) is 3.47. The Bertz CT molecular complexity index is 995. The fourth-order valence-electron chi connectivity index (χ4n) is 5.56. The Kier molecular flexibility index (Phi) is 7.35. The molecule has 1 amide bonds. The van der Waals surface area contributed by atoms with Crippen LogP contribution in [0.4, 0.5) is 0 Å². The molecule has 0 unspecified atom stereocenters. The summed E-state index contributed by atoms with van der Waals surface area (Å²) < 4.78 is 7.73. The normalized spacial score (nSPS) is 23.5. The Hall–Kier alpha value is -2.44. The van der Waals surface area contributed by atoms with Crippen LogP contribution in [-0.2, 0) is 4.79 Å². The van der Waals surface area contributed by atoms with Gasteiger partial charge in [-0.25, -0.2) is 0 Å². The molecule has 8 nitrogen and oxygen atoms in total. The molecule has 2 bridgehead atoms. The molecule has 33 heavy (non-hydrogen) atoms. The van der Waals surface area contributed by atoms with Crippen LogP contribution >= 0.6 is 11.3 Å². The first-order valence-electron chi connectivity index (χ1n) is 11.9. The Morgan fingerprint density at radius 3 is 2.61 bits per heavy atom. The molecule has 0 spiro atoms. The van der Waals surface area contributed by atoms with Crippen LogP contribution in [0.3, 0.4) is 0 Å². The Balaban J connectivity index is 1.44. The smallest absolute Gasteiger partial charge is 0.234 e. The minimum atomic E-state index is -0.221. The van der Waals surface area contributed by atoms with Gasteiger partial charge in [0, 0.05) is 35.5 Å². The molecule has 0 aromatic carbocycles. The number of carbonyl (C=O) groups is 1. The molecule has 2 aliphatic heterocycles. The third-order valence-electron chi connectivity index (χ3n) is 7.03. The van der Waals surface area contributed by atoms with Crippen molar-refractivity contribution in [3.05, 3.63) is 28.7 Å². The van der Waals surface area contributed by atoms with Crippen LogP contribution in [0, 0.1) is 18.3 Å². The number of nitrogens with zero attached hydrogens (tertiary/aromatic N) is 5. The molecule has 4 heterocycles. The van der Waals surface area contributed by atoms with E-state index in [0.29, 0.717) is 24.0 Å². The number of rotatable bonds is 9. The van der Waals surface area contributed by atoms with Crippen LogP contribution in [0.15, 0.2) is 12.1 Å². The summed E-state index contributed by atoms with van der Waals surface area (Å²) in [7, 11) is 1.66. The molecule has 2 aromatic rings. The number of thiophene rings is 1. The third-order valence-corrected chi connectivity index (χ3v) is 8.19. The van der Waals surface area contributed by atoms with E-state index in [-0.39, 0.29) is 18.4 Å². The number of hydrogen-bond donors (Lipinski definition) is 1. The van der Waals surface area contributed by atoms with E-state index in [4.69, 9.17) is 10.00 Å². The molecule has 2 fully saturated rings. The summed E-state index contributed by atoms with van der Waals surface area (Å²) in [6.07, 6.45) is 5.38. The fraction of sp³-hybridized carbons (Fsp3) is 0.667. The van der Waals surface area contributed by atoms with Crippen molar-refractivity contribution in [2.45, 2.75) is 89.4 Å². The summed E-state index contributed by atoms with van der Waals surface area (Å²) in [5.74, 6) is 2.25. The number of aryl methyl sites for hydroxylation is 1. The van der Waals surface area contributed by atoms with Gasteiger partial charge in [0.05, 0.1) is 19.2 Å². The molecule has 0 saturated carbocycles. The van der Waals surface area contributed by atoms with Crippen LogP contribution < -0.4 is 10.1 Å². The van der Waals surface area contributed by atoms with Gasteiger partial charge >= 0.3 is 0 Å². The third kappa shape index (κ3) is 5.07. The lowest BCUT2D eigenvalue weighted by Gasteiger charge is -2.40. The molecule has 0 aliphatic carbocycles. The number of aromatic nitrogens is 3. The van der Waals surface area contributed by atoms with Crippen molar-refractivity contribution in [2.24, 2.45) is 0 Å². The number of ether oxygens (including phenoxy) is 1. The van der Waals surface area contributed by atoms with Gasteiger partial charge in [0.2, 0.25) is 5.91 Å². The van der Waals surface area contributed by atoms with Crippen LogP contribution in [0.2, 0.25) is 0 Å². The average molecular weight is 471 g/mol. The van der Waals surface area contributed by atoms with Crippen molar-refractivity contribution in [2.75, 3.05) is 13.7 Å². The lowest BCUT2D eigenvalue weighted by atomic mass is 9.95. The second kappa shape index (κ2) is 10.2. The molecule has 2 aromatic heterocycles. The quantitative estimate of drug-likeness (QED) is 0.592. The lowest BCUT2D eigenvalue weighted by Crippen LogP contribution is -2.45. The van der Waals surface area contributed by atoms with Crippen molar-refractivity contribution < 1.29 is 9.53 Å². The summed E-state index contributed by atoms with van der Waals surface area (Å²) in [6, 6.07) is 7.34. The zero-order chi connectivity index (χ0) is 23.5. The fourth-order valence-corrected chi connectivity index (χ4v) is 6.47. The first-order valence-corrected chi connectivity index (χ1v) is 12.7. The molecule has 9 heteroatoms. The van der Waals surface area contributed by atoms with Gasteiger partial charge in [0.1, 0.15) is 18.1 Å². The van der Waals surface area contributed by atoms with Crippen LogP contribution in [0.1, 0.15) is 86.9 Å². The molecule has 0 radical (unpaired) electrons. The molecule has 2 aliphatic rings. The number of fused-ring (bicyclic) bond motifs is 2. The van der Waals surface area contributed by atoms with Crippen molar-refractivity contribution >= 4 is 17.2 Å². The number of carbonyl (C=O) groups excluding carboxylic acids is 1. The van der Waals surface area contributed by atoms with Gasteiger partial charge in [0.15, 0.2) is 5.06 Å². The van der Waals surface area contributed by atoms with Gasteiger partial charge in [-0.3, -0.25) is 9.69 Å². The van der Waals surface area contributed by atoms with E-state index in [1.54, 1.807) is 18.4 Å². The zero-order valence-corrected chi connectivity index (χ0v) is 20.8. The molecule has 1 N–H and O–H groups in total. The molecule has 2 saturated heterocycles. The van der Waals surface area contributed by atoms with Crippen molar-refractivity contribution in [1.29, 1.82) is 5.26 Å². The predicted octanol–water partition coefficient (Wildman–Crippen LogP) is 4.11. The van der Waals surface area contributed by atoms with Gasteiger partial charge in [-0.1, -0.05) is 13.8 Å². The van der Waals surface area contributed by atoms with E-state index in [1.807, 2.05) is 18.2 Å². The van der Waals surface area contributed by atoms with Crippen molar-refractivity contribution in [3.8, 4) is 11.1 Å². The van der Waals surface area contributed by atoms with E-state index in [1.165, 1.54) is 12.8 Å². The standard InChI is InChI=1S/C24H34N6O2S/c1-15(2)24-28-27-16(3)30(24)19-13-17-5-6-18(14-19)29(17)12-10-20(26-22(31)9-11-25)21-7-8-23(32-4)33-21/h7-8,15,17-20H,5-6,9-10,12-14H2,1-4H3,(H,26,31)/t17-,18+,19-,20-/m0/s1. The summed E-state index contributed by atoms with van der Waals surface area (Å²) in [4.78, 5) is 15.9. The highest BCUT2D eigenvalue weighted by Crippen LogP contribution is 2.42. The topological polar surface area (TPSA) is 96.1 Å². The molecule has 178 valence electrons. The number of methoxy groups -OCH3 is 1. The number of nitriles is 1. The Labute approximate surface area is 199 Å². The summed E-state index contributed by atoms with van der Waals surface area (Å²) >= 11 is 1.55. The maximum Gasteiger partial charge on any atom is 0.234 e. The van der Waals surface area contributed by atoms with E-state index in [2.05, 4.69) is 45.8 Å². The van der Waals surface area contributed by atoms with Crippen LogP contribution in [-0.4, -0.2) is 51.3 Å². The van der Waals surface area contributed by atoms with E-state index in [9.17, 15) is 4.79 Å². The van der Waals surface area contributed by atoms with Crippen LogP contribution in [0.25, 0.3) is 0 Å². The van der Waals surface area contributed by atoms with Gasteiger partial charge in [-0.2, -0.15) is 5.26 Å². The second-order valence-corrected chi connectivity index (χ2v) is 10.6. The summed E-state index contributed by atoms with van der Waals surface area (Å²) in [5.41, 5.74) is 0. The van der Waals surface area contributed by atoms with E-state index >= 15 is 0 Å². The van der Waals surface area contributed by atoms with Crippen molar-refractivity contribution in [3.63, 3.8) is 0 Å². The summed E-state index contributed by atoms with van der Waals surface area (Å²) in [5, 5.41) is 21.6. The van der Waals surface area contributed by atoms with Crippen molar-refractivity contribution in [1.82, 2.24) is 25.0 Å². The first kappa shape index (κ1) is 23.7. The first-order chi connectivity index (χ1) is 15.9. The number of amides is 1. The highest BCUT2D eigenvalue weighted by atomic mass is 32.1. The lowest BCUT2D eigenvalue weighted by molar-refractivity contribution is -0.120. The predicted molar refractivity (Wildman–Crippen MR) is 127 cm³/mol. The van der Waals surface area contributed by atoms with Gasteiger partial charge in [-0.05, 0) is 51.2 Å². The van der Waals surface area contributed by atoms with E-state index < -0.39 is 0 Å². The highest BCUT2D eigenvalue weighted by Gasteiger charge is 2.42. The Morgan fingerprint density at radius 1 is 1.27 bits per heavy atom. The number of piperidine rings is 1. The Morgan fingerprint density at radius 2 is 2.00 bits per heavy atom. The molecular formula is C24H34N6O2S. The maximum atomic E-state index is 12.2. The molecule has 4 atom stereocenters.